The van der Waals surface area contributed by atoms with E-state index in [1.54, 1.807) is 18.2 Å². The summed E-state index contributed by atoms with van der Waals surface area (Å²) in [4.78, 5) is 41.8. The molecule has 1 aliphatic heterocycles. The molecule has 0 aliphatic carbocycles. The van der Waals surface area contributed by atoms with Crippen molar-refractivity contribution in [3.63, 3.8) is 0 Å². The number of nitrogens with zero attached hydrogens (tertiary/aromatic N) is 1. The number of anilines is 2. The molecule has 34 heavy (non-hydrogen) atoms. The summed E-state index contributed by atoms with van der Waals surface area (Å²) < 4.78 is 4.87. The number of amides is 2. The van der Waals surface area contributed by atoms with Gasteiger partial charge in [-0.05, 0) is 49.2 Å². The zero-order valence-electron chi connectivity index (χ0n) is 19.1. The number of para-hydroxylation sites is 2. The summed E-state index contributed by atoms with van der Waals surface area (Å²) in [6.45, 7) is 4.01. The lowest BCUT2D eigenvalue weighted by molar-refractivity contribution is -0.120. The van der Waals surface area contributed by atoms with Crippen molar-refractivity contribution in [1.82, 2.24) is 0 Å². The molecule has 1 heterocycles. The van der Waals surface area contributed by atoms with E-state index >= 15 is 0 Å². The zero-order chi connectivity index (χ0) is 24.2. The lowest BCUT2D eigenvalue weighted by atomic mass is 10.1. The van der Waals surface area contributed by atoms with Gasteiger partial charge in [0.2, 0.25) is 0 Å². The second kappa shape index (κ2) is 9.97. The van der Waals surface area contributed by atoms with Gasteiger partial charge in [0.05, 0.1) is 18.4 Å². The highest BCUT2D eigenvalue weighted by atomic mass is 32.2. The number of esters is 1. The van der Waals surface area contributed by atoms with Crippen LogP contribution in [0.1, 0.15) is 28.4 Å². The summed E-state index contributed by atoms with van der Waals surface area (Å²) in [6, 6.07) is 21.8. The molecule has 0 unspecified atom stereocenters. The van der Waals surface area contributed by atoms with E-state index in [0.29, 0.717) is 0 Å². The minimum atomic E-state index is -0.623. The topological polar surface area (TPSA) is 75.7 Å². The molecule has 3 aromatic rings. The number of carbonyl (C=O) groups excluding carboxylic acids is 3. The van der Waals surface area contributed by atoms with Gasteiger partial charge in [0.25, 0.3) is 11.8 Å². The average Bonchev–Trinajstić information content (AvgIpc) is 3.09. The Balaban J connectivity index is 1.80. The largest absolute Gasteiger partial charge is 0.465 e. The quantitative estimate of drug-likeness (QED) is 0.370. The van der Waals surface area contributed by atoms with Gasteiger partial charge in [-0.1, -0.05) is 66.7 Å². The lowest BCUT2D eigenvalue weighted by Crippen LogP contribution is -2.33. The monoisotopic (exact) mass is 472 g/mol. The molecule has 4 rings (SSSR count). The van der Waals surface area contributed by atoms with E-state index in [1.807, 2.05) is 62.4 Å². The molecule has 1 N–H and O–H groups in total. The van der Waals surface area contributed by atoms with Gasteiger partial charge in [-0.25, -0.2) is 9.69 Å². The number of hydrogen-bond acceptors (Lipinski definition) is 6. The SMILES string of the molecule is CCc1ccccc1NC1=C(Sc2ccc(C)cc2)C(=O)N(c2ccccc2C(=O)OC)C1=O. The van der Waals surface area contributed by atoms with Crippen molar-refractivity contribution in [3.05, 3.63) is 100 Å². The van der Waals surface area contributed by atoms with Crippen LogP contribution in [0.25, 0.3) is 0 Å². The Morgan fingerprint density at radius 1 is 0.941 bits per heavy atom. The molecule has 0 atom stereocenters. The number of hydrogen-bond donors (Lipinski definition) is 1. The fraction of sp³-hybridized carbons (Fsp3) is 0.148. The summed E-state index contributed by atoms with van der Waals surface area (Å²) in [5.74, 6) is -1.65. The molecule has 0 bridgehead atoms. The second-order valence-electron chi connectivity index (χ2n) is 7.71. The van der Waals surface area contributed by atoms with Crippen LogP contribution in [-0.2, 0) is 20.7 Å². The van der Waals surface area contributed by atoms with Crippen molar-refractivity contribution in [3.8, 4) is 0 Å². The first-order valence-corrected chi connectivity index (χ1v) is 11.7. The number of carbonyl (C=O) groups is 3. The Morgan fingerprint density at radius 3 is 2.32 bits per heavy atom. The summed E-state index contributed by atoms with van der Waals surface area (Å²) in [5, 5.41) is 3.22. The maximum Gasteiger partial charge on any atom is 0.339 e. The number of nitrogens with one attached hydrogen (secondary N) is 1. The molecular formula is C27H24N2O4S. The van der Waals surface area contributed by atoms with Gasteiger partial charge in [-0.15, -0.1) is 0 Å². The highest BCUT2D eigenvalue weighted by Crippen LogP contribution is 2.39. The Labute approximate surface area is 202 Å². The van der Waals surface area contributed by atoms with Crippen LogP contribution in [0.5, 0.6) is 0 Å². The number of aryl methyl sites for hydroxylation is 2. The van der Waals surface area contributed by atoms with Crippen LogP contribution in [0, 0.1) is 6.92 Å². The number of benzene rings is 3. The molecule has 0 spiro atoms. The van der Waals surface area contributed by atoms with E-state index in [9.17, 15) is 14.4 Å². The molecule has 7 heteroatoms. The van der Waals surface area contributed by atoms with Gasteiger partial charge in [-0.2, -0.15) is 0 Å². The Hall–Kier alpha value is -3.84. The van der Waals surface area contributed by atoms with E-state index in [2.05, 4.69) is 5.32 Å². The van der Waals surface area contributed by atoms with Crippen molar-refractivity contribution in [1.29, 1.82) is 0 Å². The molecule has 2 amide bonds. The van der Waals surface area contributed by atoms with E-state index in [0.717, 1.165) is 33.0 Å². The van der Waals surface area contributed by atoms with Gasteiger partial charge in [0.1, 0.15) is 10.6 Å². The normalized spacial score (nSPS) is 13.4. The number of imide groups is 1. The molecule has 172 valence electrons. The average molecular weight is 473 g/mol. The molecule has 6 nitrogen and oxygen atoms in total. The lowest BCUT2D eigenvalue weighted by Gasteiger charge is -2.18. The highest BCUT2D eigenvalue weighted by Gasteiger charge is 2.41. The van der Waals surface area contributed by atoms with Crippen LogP contribution in [0.3, 0.4) is 0 Å². The van der Waals surface area contributed by atoms with Crippen LogP contribution >= 0.6 is 11.8 Å². The van der Waals surface area contributed by atoms with Gasteiger partial charge >= 0.3 is 5.97 Å². The minimum Gasteiger partial charge on any atom is -0.465 e. The number of methoxy groups -OCH3 is 1. The van der Waals surface area contributed by atoms with Crippen LogP contribution in [0.2, 0.25) is 0 Å². The second-order valence-corrected chi connectivity index (χ2v) is 8.79. The first-order chi connectivity index (χ1) is 16.4. The van der Waals surface area contributed by atoms with Gasteiger partial charge < -0.3 is 10.1 Å². The molecule has 0 saturated carbocycles. The fourth-order valence-electron chi connectivity index (χ4n) is 3.69. The Kier molecular flexibility index (Phi) is 6.84. The molecular weight excluding hydrogens is 448 g/mol. The smallest absolute Gasteiger partial charge is 0.339 e. The third-order valence-corrected chi connectivity index (χ3v) is 6.58. The fourth-order valence-corrected chi connectivity index (χ4v) is 4.62. The summed E-state index contributed by atoms with van der Waals surface area (Å²) >= 11 is 1.22. The predicted octanol–water partition coefficient (Wildman–Crippen LogP) is 5.33. The molecule has 0 aromatic heterocycles. The highest BCUT2D eigenvalue weighted by molar-refractivity contribution is 8.04. The third kappa shape index (κ3) is 4.47. The van der Waals surface area contributed by atoms with E-state index < -0.39 is 17.8 Å². The van der Waals surface area contributed by atoms with Crippen molar-refractivity contribution in [2.24, 2.45) is 0 Å². The predicted molar refractivity (Wildman–Crippen MR) is 134 cm³/mol. The van der Waals surface area contributed by atoms with Crippen molar-refractivity contribution < 1.29 is 19.1 Å². The number of thioether (sulfide) groups is 1. The maximum atomic E-state index is 13.7. The molecule has 0 saturated heterocycles. The van der Waals surface area contributed by atoms with E-state index in [1.165, 1.54) is 24.9 Å². The van der Waals surface area contributed by atoms with E-state index in [-0.39, 0.29) is 21.9 Å². The van der Waals surface area contributed by atoms with Crippen molar-refractivity contribution in [2.75, 3.05) is 17.3 Å². The van der Waals surface area contributed by atoms with Crippen LogP contribution in [0.4, 0.5) is 11.4 Å². The van der Waals surface area contributed by atoms with Gasteiger partial charge in [-0.3, -0.25) is 9.59 Å². The van der Waals surface area contributed by atoms with Gasteiger partial charge in [0, 0.05) is 10.6 Å². The Morgan fingerprint density at radius 2 is 1.62 bits per heavy atom. The summed E-state index contributed by atoms with van der Waals surface area (Å²) in [6.07, 6.45) is 0.758. The molecule has 0 fully saturated rings. The van der Waals surface area contributed by atoms with Crippen LogP contribution in [0.15, 0.2) is 88.3 Å². The first kappa shape index (κ1) is 23.3. The number of ether oxygens (including phenoxy) is 1. The first-order valence-electron chi connectivity index (χ1n) is 10.8. The van der Waals surface area contributed by atoms with Crippen molar-refractivity contribution >= 4 is 40.9 Å². The summed E-state index contributed by atoms with van der Waals surface area (Å²) in [5.41, 5.74) is 3.37. The molecule has 3 aromatic carbocycles. The van der Waals surface area contributed by atoms with E-state index in [4.69, 9.17) is 4.74 Å². The van der Waals surface area contributed by atoms with Crippen LogP contribution in [-0.4, -0.2) is 24.9 Å². The standard InChI is InChI=1S/C27H24N2O4S/c1-4-18-9-5-7-11-21(18)28-23-24(34-19-15-13-17(2)14-16-19)26(31)29(25(23)30)22-12-8-6-10-20(22)27(32)33-3/h5-16,28H,4H2,1-3H3. The molecule has 0 radical (unpaired) electrons. The zero-order valence-corrected chi connectivity index (χ0v) is 19.9. The third-order valence-electron chi connectivity index (χ3n) is 5.49. The molecule has 1 aliphatic rings. The minimum absolute atomic E-state index is 0.140. The number of rotatable bonds is 7. The van der Waals surface area contributed by atoms with Crippen LogP contribution < -0.4 is 10.2 Å². The van der Waals surface area contributed by atoms with Crippen molar-refractivity contribution in [2.45, 2.75) is 25.2 Å². The van der Waals surface area contributed by atoms with Gasteiger partial charge in [0.15, 0.2) is 0 Å². The maximum absolute atomic E-state index is 13.7. The summed E-state index contributed by atoms with van der Waals surface area (Å²) in [7, 11) is 1.26. The Bertz CT molecular complexity index is 1300.